The largest absolute Gasteiger partial charge is 0.392 e. The van der Waals surface area contributed by atoms with E-state index in [9.17, 15) is 9.90 Å². The van der Waals surface area contributed by atoms with Crippen LogP contribution in [0.25, 0.3) is 22.5 Å². The van der Waals surface area contributed by atoms with Crippen LogP contribution in [0.5, 0.6) is 0 Å². The number of aromatic nitrogens is 2. The van der Waals surface area contributed by atoms with Crippen molar-refractivity contribution in [3.05, 3.63) is 100 Å². The summed E-state index contributed by atoms with van der Waals surface area (Å²) in [7, 11) is 0. The van der Waals surface area contributed by atoms with Gasteiger partial charge < -0.3 is 9.94 Å². The highest BCUT2D eigenvalue weighted by Gasteiger charge is 2.26. The molecule has 198 valence electrons. The highest BCUT2D eigenvalue weighted by Crippen LogP contribution is 2.34. The minimum Gasteiger partial charge on any atom is -0.392 e. The number of rotatable bonds is 9. The third kappa shape index (κ3) is 6.31. The molecular formula is C28H28Cl3N5O2. The number of aliphatic hydroxyl groups excluding tert-OH is 1. The number of carbonyl (C=O) groups excluding carboxylic acids is 1. The van der Waals surface area contributed by atoms with Crippen LogP contribution in [-0.4, -0.2) is 38.9 Å². The van der Waals surface area contributed by atoms with Crippen molar-refractivity contribution in [2.75, 3.05) is 13.1 Å². The summed E-state index contributed by atoms with van der Waals surface area (Å²) in [5.74, 6) is -0.380. The van der Waals surface area contributed by atoms with E-state index in [1.165, 1.54) is 0 Å². The molecule has 0 unspecified atom stereocenters. The standard InChI is InChI=1S/C28H28Cl3N5O2/c1-2-19(7-6-14-32-31)20-8-10-21(11-9-20)27-23(18-37)26(28(38)34-35-15-4-3-5-16-35)33-36(27)25-13-12-22(29)17-24(25)30/h2,6-14,17,32,37H,1,3-5,15-16,18H2,(H,34,38)/b14-6-,19-7+. The molecule has 1 fully saturated rings. The molecule has 1 saturated heterocycles. The van der Waals surface area contributed by atoms with Crippen LogP contribution in [0.2, 0.25) is 10.0 Å². The molecule has 1 aliphatic heterocycles. The first-order valence-electron chi connectivity index (χ1n) is 12.2. The van der Waals surface area contributed by atoms with Gasteiger partial charge in [-0.15, -0.1) is 0 Å². The molecule has 0 bridgehead atoms. The van der Waals surface area contributed by atoms with Gasteiger partial charge in [-0.05, 0) is 48.3 Å². The maximum Gasteiger partial charge on any atom is 0.286 e. The number of aliphatic hydroxyl groups is 1. The second-order valence-corrected chi connectivity index (χ2v) is 9.76. The normalized spacial score (nSPS) is 14.6. The molecule has 1 amide bonds. The Morgan fingerprint density at radius 3 is 2.47 bits per heavy atom. The predicted molar refractivity (Wildman–Crippen MR) is 154 cm³/mol. The van der Waals surface area contributed by atoms with Crippen LogP contribution >= 0.6 is 35.0 Å². The van der Waals surface area contributed by atoms with Crippen LogP contribution in [0, 0.1) is 0 Å². The Bertz CT molecular complexity index is 1360. The van der Waals surface area contributed by atoms with E-state index < -0.39 is 0 Å². The summed E-state index contributed by atoms with van der Waals surface area (Å²) in [5, 5.41) is 17.8. The van der Waals surface area contributed by atoms with Crippen molar-refractivity contribution in [1.29, 1.82) is 0 Å². The number of carbonyl (C=O) groups is 1. The molecule has 4 rings (SSSR count). The van der Waals surface area contributed by atoms with Crippen LogP contribution in [0.1, 0.15) is 40.9 Å². The summed E-state index contributed by atoms with van der Waals surface area (Å²) >= 11 is 18.2. The summed E-state index contributed by atoms with van der Waals surface area (Å²) in [4.78, 5) is 15.8. The van der Waals surface area contributed by atoms with Crippen molar-refractivity contribution < 1.29 is 9.90 Å². The molecule has 0 radical (unpaired) electrons. The molecular weight excluding hydrogens is 545 g/mol. The minimum absolute atomic E-state index is 0.133. The van der Waals surface area contributed by atoms with Crippen molar-refractivity contribution in [2.24, 2.45) is 0 Å². The van der Waals surface area contributed by atoms with E-state index in [2.05, 4.69) is 21.9 Å². The number of nitrogens with one attached hydrogen (secondary N) is 2. The molecule has 2 aromatic carbocycles. The van der Waals surface area contributed by atoms with E-state index in [1.54, 1.807) is 41.2 Å². The van der Waals surface area contributed by atoms with Gasteiger partial charge in [0.15, 0.2) is 5.69 Å². The summed E-state index contributed by atoms with van der Waals surface area (Å²) in [6, 6.07) is 12.7. The molecule has 38 heavy (non-hydrogen) atoms. The fourth-order valence-electron chi connectivity index (χ4n) is 4.40. The number of halogens is 3. The third-order valence-electron chi connectivity index (χ3n) is 6.26. The molecule has 3 N–H and O–H groups in total. The highest BCUT2D eigenvalue weighted by atomic mass is 35.5. The topological polar surface area (TPSA) is 82.4 Å². The fourth-order valence-corrected chi connectivity index (χ4v) is 4.96. The average molecular weight is 573 g/mol. The number of amides is 1. The molecule has 2 heterocycles. The fraction of sp³-hybridized carbons (Fsp3) is 0.214. The lowest BCUT2D eigenvalue weighted by molar-refractivity contribution is 0.0741. The van der Waals surface area contributed by atoms with Gasteiger partial charge in [0.25, 0.3) is 5.91 Å². The summed E-state index contributed by atoms with van der Waals surface area (Å²) in [6.07, 6.45) is 10.1. The Labute approximate surface area is 237 Å². The third-order valence-corrected chi connectivity index (χ3v) is 6.92. The van der Waals surface area contributed by atoms with Gasteiger partial charge in [-0.25, -0.2) is 9.69 Å². The maximum atomic E-state index is 13.3. The molecule has 10 heteroatoms. The van der Waals surface area contributed by atoms with Crippen molar-refractivity contribution in [3.63, 3.8) is 0 Å². The zero-order valence-corrected chi connectivity index (χ0v) is 22.9. The smallest absolute Gasteiger partial charge is 0.286 e. The van der Waals surface area contributed by atoms with Gasteiger partial charge in [-0.3, -0.25) is 10.2 Å². The highest BCUT2D eigenvalue weighted by molar-refractivity contribution is 6.35. The Hall–Kier alpha value is -3.07. The van der Waals surface area contributed by atoms with E-state index in [0.717, 1.165) is 49.1 Å². The summed E-state index contributed by atoms with van der Waals surface area (Å²) in [5.41, 5.74) is 7.12. The zero-order chi connectivity index (χ0) is 27.1. The Kier molecular flexibility index (Phi) is 9.66. The SMILES string of the molecule is C=C/C(=C\C=C/NCl)c1ccc(-c2c(CO)c(C(=O)NN3CCCCC3)nn2-c2ccc(Cl)cc2Cl)cc1. The van der Waals surface area contributed by atoms with Crippen LogP contribution in [-0.2, 0) is 6.61 Å². The second kappa shape index (κ2) is 13.1. The first-order chi connectivity index (χ1) is 18.5. The van der Waals surface area contributed by atoms with Crippen molar-refractivity contribution in [2.45, 2.75) is 25.9 Å². The molecule has 1 aliphatic rings. The quantitative estimate of drug-likeness (QED) is 0.207. The van der Waals surface area contributed by atoms with Crippen LogP contribution in [0.15, 0.2) is 73.5 Å². The van der Waals surface area contributed by atoms with Gasteiger partial charge in [-0.1, -0.05) is 72.6 Å². The van der Waals surface area contributed by atoms with Crippen LogP contribution in [0.4, 0.5) is 0 Å². The van der Waals surface area contributed by atoms with Gasteiger partial charge >= 0.3 is 0 Å². The van der Waals surface area contributed by atoms with Crippen molar-refractivity contribution in [3.8, 4) is 16.9 Å². The number of nitrogens with zero attached hydrogens (tertiary/aromatic N) is 3. The number of hydrogen-bond acceptors (Lipinski definition) is 5. The lowest BCUT2D eigenvalue weighted by Crippen LogP contribution is -2.45. The van der Waals surface area contributed by atoms with Gasteiger partial charge in [0.1, 0.15) is 0 Å². The molecule has 0 spiro atoms. The number of benzene rings is 2. The number of hydrogen-bond donors (Lipinski definition) is 3. The molecule has 1 aromatic heterocycles. The number of allylic oxidation sites excluding steroid dienone is 4. The Balaban J connectivity index is 1.81. The minimum atomic E-state index is -0.390. The Morgan fingerprint density at radius 1 is 1.11 bits per heavy atom. The number of piperidine rings is 1. The van der Waals surface area contributed by atoms with Crippen molar-refractivity contribution in [1.82, 2.24) is 25.1 Å². The van der Waals surface area contributed by atoms with Gasteiger partial charge in [-0.2, -0.15) is 5.10 Å². The average Bonchev–Trinajstić information content (AvgIpc) is 3.31. The van der Waals surface area contributed by atoms with E-state index in [-0.39, 0.29) is 18.2 Å². The van der Waals surface area contributed by atoms with Crippen LogP contribution in [0.3, 0.4) is 0 Å². The second-order valence-electron chi connectivity index (χ2n) is 8.70. The molecule has 0 saturated carbocycles. The first kappa shape index (κ1) is 28.0. The van der Waals surface area contributed by atoms with Gasteiger partial charge in [0.05, 0.1) is 23.0 Å². The maximum absolute atomic E-state index is 13.3. The lowest BCUT2D eigenvalue weighted by atomic mass is 10.00. The molecule has 0 aliphatic carbocycles. The molecule has 7 nitrogen and oxygen atoms in total. The van der Waals surface area contributed by atoms with Crippen LogP contribution < -0.4 is 10.3 Å². The van der Waals surface area contributed by atoms with E-state index in [1.807, 2.05) is 35.4 Å². The monoisotopic (exact) mass is 571 g/mol. The first-order valence-corrected chi connectivity index (χ1v) is 13.3. The number of hydrazine groups is 1. The summed E-state index contributed by atoms with van der Waals surface area (Å²) in [6.45, 7) is 5.04. The van der Waals surface area contributed by atoms with Crippen molar-refractivity contribution >= 4 is 46.5 Å². The van der Waals surface area contributed by atoms with Gasteiger partial charge in [0.2, 0.25) is 0 Å². The van der Waals surface area contributed by atoms with Gasteiger partial charge in [0, 0.05) is 47.2 Å². The van der Waals surface area contributed by atoms with E-state index >= 15 is 0 Å². The zero-order valence-electron chi connectivity index (χ0n) is 20.6. The lowest BCUT2D eigenvalue weighted by Gasteiger charge is -2.26. The molecule has 0 atom stereocenters. The predicted octanol–water partition coefficient (Wildman–Crippen LogP) is 6.30. The Morgan fingerprint density at radius 2 is 1.84 bits per heavy atom. The van der Waals surface area contributed by atoms with E-state index in [4.69, 9.17) is 35.0 Å². The van der Waals surface area contributed by atoms with E-state index in [0.29, 0.717) is 27.0 Å². The summed E-state index contributed by atoms with van der Waals surface area (Å²) < 4.78 is 1.59. The molecule has 3 aromatic rings.